The molecule has 174 valence electrons. The average Bonchev–Trinajstić information content (AvgIpc) is 3.17. The second-order valence-corrected chi connectivity index (χ2v) is 7.17. The third-order valence-electron chi connectivity index (χ3n) is 5.16. The molecule has 8 heteroatoms. The van der Waals surface area contributed by atoms with Gasteiger partial charge in [0.2, 0.25) is 5.78 Å². The van der Waals surface area contributed by atoms with Crippen molar-refractivity contribution in [2.75, 3.05) is 28.4 Å². The van der Waals surface area contributed by atoms with Gasteiger partial charge in [0, 0.05) is 17.7 Å². The lowest BCUT2D eigenvalue weighted by Gasteiger charge is -2.10. The van der Waals surface area contributed by atoms with E-state index in [0.717, 1.165) is 0 Å². The summed E-state index contributed by atoms with van der Waals surface area (Å²) in [4.78, 5) is 25.5. The number of carbonyl (C=O) groups is 2. The molecular formula is C26H22O8. The van der Waals surface area contributed by atoms with Crippen molar-refractivity contribution in [1.82, 2.24) is 0 Å². The largest absolute Gasteiger partial charge is 0.497 e. The molecular weight excluding hydrogens is 440 g/mol. The molecule has 3 aromatic carbocycles. The Morgan fingerprint density at radius 2 is 1.56 bits per heavy atom. The molecule has 8 nitrogen and oxygen atoms in total. The van der Waals surface area contributed by atoms with E-state index in [1.54, 1.807) is 48.5 Å². The Kier molecular flexibility index (Phi) is 6.40. The number of para-hydroxylation sites is 1. The molecule has 4 rings (SSSR count). The van der Waals surface area contributed by atoms with Gasteiger partial charge in [0.05, 0.1) is 39.6 Å². The summed E-state index contributed by atoms with van der Waals surface area (Å²) in [5.74, 6) is 1.63. The Labute approximate surface area is 196 Å². The Bertz CT molecular complexity index is 1270. The van der Waals surface area contributed by atoms with E-state index in [4.69, 9.17) is 28.4 Å². The van der Waals surface area contributed by atoms with Crippen LogP contribution in [-0.2, 0) is 0 Å². The summed E-state index contributed by atoms with van der Waals surface area (Å²) in [6, 6.07) is 14.6. The molecule has 1 aliphatic rings. The van der Waals surface area contributed by atoms with Gasteiger partial charge in [-0.05, 0) is 36.4 Å². The molecule has 0 amide bonds. The number of ketones is 1. The van der Waals surface area contributed by atoms with E-state index in [-0.39, 0.29) is 28.6 Å². The summed E-state index contributed by atoms with van der Waals surface area (Å²) < 4.78 is 32.4. The van der Waals surface area contributed by atoms with Gasteiger partial charge in [-0.2, -0.15) is 0 Å². The number of ether oxygens (including phenoxy) is 6. The molecule has 0 unspecified atom stereocenters. The highest BCUT2D eigenvalue weighted by atomic mass is 16.5. The van der Waals surface area contributed by atoms with Crippen LogP contribution in [0.25, 0.3) is 6.08 Å². The molecule has 0 bridgehead atoms. The van der Waals surface area contributed by atoms with Crippen molar-refractivity contribution in [2.45, 2.75) is 0 Å². The fourth-order valence-electron chi connectivity index (χ4n) is 3.49. The van der Waals surface area contributed by atoms with Crippen molar-refractivity contribution in [3.63, 3.8) is 0 Å². The predicted octanol–water partition coefficient (Wildman–Crippen LogP) is 4.56. The predicted molar refractivity (Wildman–Crippen MR) is 123 cm³/mol. The number of hydrogen-bond acceptors (Lipinski definition) is 8. The second-order valence-electron chi connectivity index (χ2n) is 7.17. The first-order valence-electron chi connectivity index (χ1n) is 10.2. The van der Waals surface area contributed by atoms with Crippen LogP contribution >= 0.6 is 0 Å². The van der Waals surface area contributed by atoms with Crippen LogP contribution in [0.15, 0.2) is 60.4 Å². The lowest BCUT2D eigenvalue weighted by atomic mass is 10.1. The Morgan fingerprint density at radius 1 is 0.824 bits per heavy atom. The standard InChI is InChI=1S/C26H22O8/c1-29-18-10-16(11-19(13-18)30-2)26(28)33-17-8-9-20-22(14-17)34-23(24(20)27)12-15-6-5-7-21(31-3)25(15)32-4/h5-14H,1-4H3/b23-12-. The minimum atomic E-state index is -0.613. The Balaban J connectivity index is 1.58. The van der Waals surface area contributed by atoms with Crippen LogP contribution in [0.5, 0.6) is 34.5 Å². The number of benzene rings is 3. The smallest absolute Gasteiger partial charge is 0.343 e. The molecule has 0 fully saturated rings. The first-order valence-corrected chi connectivity index (χ1v) is 10.2. The summed E-state index contributed by atoms with van der Waals surface area (Å²) in [7, 11) is 6.03. The van der Waals surface area contributed by atoms with E-state index in [0.29, 0.717) is 34.1 Å². The molecule has 1 aliphatic heterocycles. The molecule has 0 aliphatic carbocycles. The third kappa shape index (κ3) is 4.38. The third-order valence-corrected chi connectivity index (χ3v) is 5.16. The molecule has 0 aromatic heterocycles. The maximum atomic E-state index is 12.9. The molecule has 1 heterocycles. The maximum Gasteiger partial charge on any atom is 0.343 e. The fourth-order valence-corrected chi connectivity index (χ4v) is 3.49. The van der Waals surface area contributed by atoms with Crippen LogP contribution in [0.2, 0.25) is 0 Å². The van der Waals surface area contributed by atoms with Gasteiger partial charge in [0.1, 0.15) is 23.0 Å². The van der Waals surface area contributed by atoms with Crippen LogP contribution in [0.3, 0.4) is 0 Å². The first kappa shape index (κ1) is 22.7. The van der Waals surface area contributed by atoms with Crippen molar-refractivity contribution in [2.24, 2.45) is 0 Å². The van der Waals surface area contributed by atoms with Gasteiger partial charge < -0.3 is 28.4 Å². The molecule has 0 N–H and O–H groups in total. The van der Waals surface area contributed by atoms with Crippen LogP contribution < -0.4 is 28.4 Å². The van der Waals surface area contributed by atoms with Gasteiger partial charge in [-0.1, -0.05) is 12.1 Å². The first-order chi connectivity index (χ1) is 16.5. The highest BCUT2D eigenvalue weighted by molar-refractivity contribution is 6.14. The summed E-state index contributed by atoms with van der Waals surface area (Å²) >= 11 is 0. The van der Waals surface area contributed by atoms with Crippen LogP contribution in [0.4, 0.5) is 0 Å². The van der Waals surface area contributed by atoms with Crippen molar-refractivity contribution in [3.05, 3.63) is 77.0 Å². The van der Waals surface area contributed by atoms with E-state index in [1.807, 2.05) is 0 Å². The quantitative estimate of drug-likeness (QED) is 0.287. The van der Waals surface area contributed by atoms with Gasteiger partial charge in [-0.15, -0.1) is 0 Å². The lowest BCUT2D eigenvalue weighted by molar-refractivity contribution is 0.0733. The zero-order chi connectivity index (χ0) is 24.2. The summed E-state index contributed by atoms with van der Waals surface area (Å²) in [6.07, 6.45) is 1.58. The van der Waals surface area contributed by atoms with Crippen LogP contribution in [0.1, 0.15) is 26.3 Å². The van der Waals surface area contributed by atoms with Gasteiger partial charge in [0.15, 0.2) is 17.3 Å². The second kappa shape index (κ2) is 9.58. The van der Waals surface area contributed by atoms with Gasteiger partial charge in [0.25, 0.3) is 0 Å². The number of fused-ring (bicyclic) bond motifs is 1. The summed E-state index contributed by atoms with van der Waals surface area (Å²) in [5, 5.41) is 0. The van der Waals surface area contributed by atoms with E-state index < -0.39 is 5.97 Å². The average molecular weight is 462 g/mol. The van der Waals surface area contributed by atoms with Crippen molar-refractivity contribution in [1.29, 1.82) is 0 Å². The normalized spacial score (nSPS) is 13.2. The van der Waals surface area contributed by atoms with Gasteiger partial charge in [-0.25, -0.2) is 4.79 Å². The van der Waals surface area contributed by atoms with E-state index >= 15 is 0 Å². The van der Waals surface area contributed by atoms with Crippen LogP contribution in [0, 0.1) is 0 Å². The monoisotopic (exact) mass is 462 g/mol. The highest BCUT2D eigenvalue weighted by Gasteiger charge is 2.28. The zero-order valence-corrected chi connectivity index (χ0v) is 19.0. The van der Waals surface area contributed by atoms with E-state index in [9.17, 15) is 9.59 Å². The van der Waals surface area contributed by atoms with E-state index in [2.05, 4.69) is 0 Å². The van der Waals surface area contributed by atoms with Crippen LogP contribution in [-0.4, -0.2) is 40.2 Å². The fraction of sp³-hybridized carbons (Fsp3) is 0.154. The lowest BCUT2D eigenvalue weighted by Crippen LogP contribution is -2.09. The Hall–Kier alpha value is -4.46. The summed E-state index contributed by atoms with van der Waals surface area (Å²) in [6.45, 7) is 0. The number of esters is 1. The van der Waals surface area contributed by atoms with Gasteiger partial charge >= 0.3 is 5.97 Å². The molecule has 0 radical (unpaired) electrons. The maximum absolute atomic E-state index is 12.9. The molecule has 3 aromatic rings. The number of rotatable bonds is 7. The number of Topliss-reactive ketones (excluding diaryl/α,β-unsaturated/α-hetero) is 1. The van der Waals surface area contributed by atoms with Crippen molar-refractivity contribution >= 4 is 17.8 Å². The minimum absolute atomic E-state index is 0.113. The number of allylic oxidation sites excluding steroid dienone is 1. The highest BCUT2D eigenvalue weighted by Crippen LogP contribution is 2.38. The topological polar surface area (TPSA) is 89.5 Å². The Morgan fingerprint density at radius 3 is 2.21 bits per heavy atom. The number of hydrogen-bond donors (Lipinski definition) is 0. The zero-order valence-electron chi connectivity index (χ0n) is 19.0. The summed E-state index contributed by atoms with van der Waals surface area (Å²) in [5.41, 5.74) is 1.23. The SMILES string of the molecule is COc1cc(OC)cc(C(=O)Oc2ccc3c(c2)O/C(=C\c2cccc(OC)c2OC)C3=O)c1. The molecule has 0 saturated heterocycles. The van der Waals surface area contributed by atoms with Gasteiger partial charge in [-0.3, -0.25) is 4.79 Å². The minimum Gasteiger partial charge on any atom is -0.497 e. The number of methoxy groups -OCH3 is 4. The van der Waals surface area contributed by atoms with Crippen molar-refractivity contribution < 1.29 is 38.0 Å². The molecule has 34 heavy (non-hydrogen) atoms. The van der Waals surface area contributed by atoms with Crippen molar-refractivity contribution in [3.8, 4) is 34.5 Å². The number of carbonyl (C=O) groups excluding carboxylic acids is 2. The molecule has 0 saturated carbocycles. The van der Waals surface area contributed by atoms with E-state index in [1.165, 1.54) is 40.6 Å². The molecule has 0 atom stereocenters. The molecule has 0 spiro atoms.